The number of hydrogen-bond donors (Lipinski definition) is 1. The van der Waals surface area contributed by atoms with E-state index in [1.165, 1.54) is 10.6 Å². The Morgan fingerprint density at radius 2 is 1.90 bits per heavy atom. The molecule has 1 unspecified atom stereocenters. The first-order valence-corrected chi connectivity index (χ1v) is 9.31. The van der Waals surface area contributed by atoms with Gasteiger partial charge in [-0.05, 0) is 38.4 Å². The highest BCUT2D eigenvalue weighted by Crippen LogP contribution is 2.27. The molecule has 2 heterocycles. The maximum atomic E-state index is 12.6. The van der Waals surface area contributed by atoms with E-state index in [2.05, 4.69) is 5.32 Å². The zero-order valence-corrected chi connectivity index (χ0v) is 16.8. The zero-order valence-electron chi connectivity index (χ0n) is 16.8. The molecule has 0 spiro atoms. The molecule has 1 amide bonds. The molecule has 1 atom stereocenters. The summed E-state index contributed by atoms with van der Waals surface area (Å²) in [5.74, 6) is 1.21. The minimum Gasteiger partial charge on any atom is -0.496 e. The van der Waals surface area contributed by atoms with Crippen LogP contribution in [0.2, 0.25) is 0 Å². The number of amides is 1. The number of rotatable bonds is 8. The van der Waals surface area contributed by atoms with Crippen LogP contribution in [0.4, 0.5) is 0 Å². The van der Waals surface area contributed by atoms with Crippen LogP contribution in [-0.4, -0.2) is 43.1 Å². The number of aromatic nitrogens is 1. The Kier molecular flexibility index (Phi) is 6.51. The van der Waals surface area contributed by atoms with Gasteiger partial charge in [-0.25, -0.2) is 0 Å². The highest BCUT2D eigenvalue weighted by molar-refractivity contribution is 5.91. The third-order valence-electron chi connectivity index (χ3n) is 4.69. The SMILES string of the molecule is COc1ccccc1C(CNC(=O)c1ccc(Cn2ccccc2=O)o1)N(C)C. The highest BCUT2D eigenvalue weighted by Gasteiger charge is 2.20. The topological polar surface area (TPSA) is 76.7 Å². The van der Waals surface area contributed by atoms with Gasteiger partial charge in [-0.2, -0.15) is 0 Å². The Bertz CT molecular complexity index is 1020. The van der Waals surface area contributed by atoms with Crippen molar-refractivity contribution in [1.29, 1.82) is 0 Å². The lowest BCUT2D eigenvalue weighted by molar-refractivity contribution is 0.0911. The molecule has 0 aliphatic carbocycles. The predicted molar refractivity (Wildman–Crippen MR) is 110 cm³/mol. The van der Waals surface area contributed by atoms with Gasteiger partial charge in [0.25, 0.3) is 11.5 Å². The van der Waals surface area contributed by atoms with Gasteiger partial charge in [0.1, 0.15) is 11.5 Å². The van der Waals surface area contributed by atoms with Gasteiger partial charge in [0, 0.05) is 24.4 Å². The number of carbonyl (C=O) groups is 1. The minimum absolute atomic E-state index is 0.0626. The van der Waals surface area contributed by atoms with E-state index in [0.717, 1.165) is 11.3 Å². The Morgan fingerprint density at radius 3 is 2.62 bits per heavy atom. The number of ether oxygens (including phenoxy) is 1. The van der Waals surface area contributed by atoms with Gasteiger partial charge in [0.2, 0.25) is 0 Å². The van der Waals surface area contributed by atoms with Crippen LogP contribution in [-0.2, 0) is 6.54 Å². The lowest BCUT2D eigenvalue weighted by Gasteiger charge is -2.26. The zero-order chi connectivity index (χ0) is 20.8. The summed E-state index contributed by atoms with van der Waals surface area (Å²) < 4.78 is 12.6. The molecule has 0 bridgehead atoms. The summed E-state index contributed by atoms with van der Waals surface area (Å²) in [6.45, 7) is 0.662. The minimum atomic E-state index is -0.307. The van der Waals surface area contributed by atoms with Crippen molar-refractivity contribution >= 4 is 5.91 Å². The van der Waals surface area contributed by atoms with Crippen molar-refractivity contribution in [3.63, 3.8) is 0 Å². The summed E-state index contributed by atoms with van der Waals surface area (Å²) in [5, 5.41) is 2.92. The molecule has 7 nitrogen and oxygen atoms in total. The van der Waals surface area contributed by atoms with E-state index in [1.807, 2.05) is 43.3 Å². The molecule has 7 heteroatoms. The first-order valence-electron chi connectivity index (χ1n) is 9.31. The van der Waals surface area contributed by atoms with Gasteiger partial charge in [-0.3, -0.25) is 9.59 Å². The molecule has 29 heavy (non-hydrogen) atoms. The highest BCUT2D eigenvalue weighted by atomic mass is 16.5. The van der Waals surface area contributed by atoms with E-state index in [9.17, 15) is 9.59 Å². The Labute approximate surface area is 169 Å². The third-order valence-corrected chi connectivity index (χ3v) is 4.69. The molecule has 1 aromatic carbocycles. The number of benzene rings is 1. The molecule has 1 N–H and O–H groups in total. The summed E-state index contributed by atoms with van der Waals surface area (Å²) in [5.41, 5.74) is 0.865. The van der Waals surface area contributed by atoms with Crippen LogP contribution in [0.1, 0.15) is 27.9 Å². The number of para-hydroxylation sites is 1. The largest absolute Gasteiger partial charge is 0.496 e. The Hall–Kier alpha value is -3.32. The van der Waals surface area contributed by atoms with E-state index in [4.69, 9.17) is 9.15 Å². The Morgan fingerprint density at radius 1 is 1.14 bits per heavy atom. The standard InChI is InChI=1S/C22H25N3O4/c1-24(2)18(17-8-4-5-9-19(17)28-3)14-23-22(27)20-12-11-16(29-20)15-25-13-7-6-10-21(25)26/h4-13,18H,14-15H2,1-3H3,(H,23,27). The van der Waals surface area contributed by atoms with Crippen LogP contribution in [0, 0.1) is 0 Å². The fourth-order valence-corrected chi connectivity index (χ4v) is 3.13. The second kappa shape index (κ2) is 9.25. The second-order valence-electron chi connectivity index (χ2n) is 6.86. The van der Waals surface area contributed by atoms with E-state index in [1.54, 1.807) is 37.6 Å². The maximum Gasteiger partial charge on any atom is 0.287 e. The van der Waals surface area contributed by atoms with Crippen LogP contribution in [0.3, 0.4) is 0 Å². The van der Waals surface area contributed by atoms with Gasteiger partial charge >= 0.3 is 0 Å². The molecule has 0 radical (unpaired) electrons. The van der Waals surface area contributed by atoms with Crippen LogP contribution in [0.5, 0.6) is 5.75 Å². The molecule has 0 saturated heterocycles. The van der Waals surface area contributed by atoms with Crippen molar-refractivity contribution < 1.29 is 13.9 Å². The molecule has 2 aromatic heterocycles. The van der Waals surface area contributed by atoms with E-state index >= 15 is 0 Å². The number of carbonyl (C=O) groups excluding carboxylic acids is 1. The van der Waals surface area contributed by atoms with Crippen molar-refractivity contribution in [3.05, 3.63) is 88.2 Å². The molecular weight excluding hydrogens is 370 g/mol. The van der Waals surface area contributed by atoms with Crippen LogP contribution >= 0.6 is 0 Å². The Balaban J connectivity index is 1.67. The predicted octanol–water partition coefficient (Wildman–Crippen LogP) is 2.53. The summed E-state index contributed by atoms with van der Waals surface area (Å²) in [6, 6.07) is 15.9. The fraction of sp³-hybridized carbons (Fsp3) is 0.273. The van der Waals surface area contributed by atoms with E-state index in [-0.39, 0.29) is 29.8 Å². The molecule has 0 aliphatic rings. The summed E-state index contributed by atoms with van der Waals surface area (Å²) >= 11 is 0. The van der Waals surface area contributed by atoms with Crippen molar-refractivity contribution in [2.24, 2.45) is 0 Å². The monoisotopic (exact) mass is 395 g/mol. The van der Waals surface area contributed by atoms with Gasteiger partial charge in [-0.1, -0.05) is 24.3 Å². The van der Waals surface area contributed by atoms with Gasteiger partial charge in [0.15, 0.2) is 5.76 Å². The van der Waals surface area contributed by atoms with Gasteiger partial charge in [0.05, 0.1) is 19.7 Å². The number of hydrogen-bond acceptors (Lipinski definition) is 5. The number of furan rings is 1. The first kappa shape index (κ1) is 20.4. The first-order chi connectivity index (χ1) is 14.0. The van der Waals surface area contributed by atoms with Gasteiger partial charge in [-0.15, -0.1) is 0 Å². The summed E-state index contributed by atoms with van der Waals surface area (Å²) in [7, 11) is 5.53. The van der Waals surface area contributed by atoms with Crippen molar-refractivity contribution in [1.82, 2.24) is 14.8 Å². The van der Waals surface area contributed by atoms with Crippen molar-refractivity contribution in [2.45, 2.75) is 12.6 Å². The van der Waals surface area contributed by atoms with Crippen LogP contribution in [0.25, 0.3) is 0 Å². The second-order valence-corrected chi connectivity index (χ2v) is 6.86. The smallest absolute Gasteiger partial charge is 0.287 e. The number of nitrogens with zero attached hydrogens (tertiary/aromatic N) is 2. The average Bonchev–Trinajstić information content (AvgIpc) is 3.18. The normalized spacial score (nSPS) is 12.0. The quantitative estimate of drug-likeness (QED) is 0.634. The number of methoxy groups -OCH3 is 1. The lowest BCUT2D eigenvalue weighted by atomic mass is 10.0. The van der Waals surface area contributed by atoms with Crippen LogP contribution in [0.15, 0.2) is 70.0 Å². The lowest BCUT2D eigenvalue weighted by Crippen LogP contribution is -2.34. The summed E-state index contributed by atoms with van der Waals surface area (Å²) in [6.07, 6.45) is 1.68. The number of likely N-dealkylation sites (N-methyl/N-ethyl adjacent to an activating group) is 1. The van der Waals surface area contributed by atoms with Gasteiger partial charge < -0.3 is 23.9 Å². The van der Waals surface area contributed by atoms with E-state index in [0.29, 0.717) is 12.3 Å². The third kappa shape index (κ3) is 4.94. The molecule has 3 rings (SSSR count). The molecule has 152 valence electrons. The van der Waals surface area contributed by atoms with Crippen molar-refractivity contribution in [3.8, 4) is 5.75 Å². The summed E-state index contributed by atoms with van der Waals surface area (Å²) in [4.78, 5) is 26.4. The molecule has 0 saturated carbocycles. The molecule has 0 fully saturated rings. The van der Waals surface area contributed by atoms with Crippen molar-refractivity contribution in [2.75, 3.05) is 27.7 Å². The number of pyridine rings is 1. The number of nitrogens with one attached hydrogen (secondary N) is 1. The fourth-order valence-electron chi connectivity index (χ4n) is 3.13. The maximum absolute atomic E-state index is 12.6. The average molecular weight is 395 g/mol. The van der Waals surface area contributed by atoms with Crippen LogP contribution < -0.4 is 15.6 Å². The molecule has 3 aromatic rings. The molecule has 0 aliphatic heterocycles. The molecular formula is C22H25N3O4. The van der Waals surface area contributed by atoms with E-state index < -0.39 is 0 Å².